The van der Waals surface area contributed by atoms with Gasteiger partial charge in [0.05, 0.1) is 0 Å². The summed E-state index contributed by atoms with van der Waals surface area (Å²) in [7, 11) is 0. The zero-order chi connectivity index (χ0) is 9.44. The van der Waals surface area contributed by atoms with Crippen molar-refractivity contribution < 1.29 is 29.7 Å². The fourth-order valence-electron chi connectivity index (χ4n) is 0. The molecule has 0 atom stereocenters. The first-order valence-corrected chi connectivity index (χ1v) is 2.07. The summed E-state index contributed by atoms with van der Waals surface area (Å²) in [5.41, 5.74) is 0. The fraction of sp³-hybridized carbons (Fsp3) is 0. The largest absolute Gasteiger partial charge is 0.473 e. The van der Waals surface area contributed by atoms with Gasteiger partial charge in [-0.3, -0.25) is 0 Å². The number of carboxylic acid groups (broad SMARTS) is 3. The van der Waals surface area contributed by atoms with Crippen molar-refractivity contribution in [2.24, 2.45) is 0 Å². The van der Waals surface area contributed by atoms with Gasteiger partial charge in [0, 0.05) is 5.92 Å². The van der Waals surface area contributed by atoms with E-state index >= 15 is 0 Å². The lowest BCUT2D eigenvalue weighted by atomic mass is 10.7. The Morgan fingerprint density at radius 3 is 1.18 bits per heavy atom. The van der Waals surface area contributed by atoms with Gasteiger partial charge >= 0.3 is 17.9 Å². The second-order valence-corrected chi connectivity index (χ2v) is 1.06. The Kier molecular flexibility index (Phi) is 6.50. The van der Waals surface area contributed by atoms with Gasteiger partial charge in [0.2, 0.25) is 0 Å². The Balaban J connectivity index is 0. The van der Waals surface area contributed by atoms with Gasteiger partial charge in [0.15, 0.2) is 0 Å². The monoisotopic (exact) mass is 160 g/mol. The molecule has 60 valence electrons. The molecule has 0 fully saturated rings. The molecule has 0 bridgehead atoms. The highest BCUT2D eigenvalue weighted by atomic mass is 16.4. The molecule has 0 rings (SSSR count). The van der Waals surface area contributed by atoms with Gasteiger partial charge in [0.25, 0.3) is 0 Å². The third-order valence-electron chi connectivity index (χ3n) is 0.306. The molecule has 0 aliphatic rings. The standard InChI is InChI=1S/C3H2O2.C2H2O4/c1-2-3(4)5;3-1(4)2(5)6/h1H,(H,4,5);(H,3,4)(H,5,6). The molecule has 0 heterocycles. The summed E-state index contributed by atoms with van der Waals surface area (Å²) in [6.45, 7) is 0. The molecule has 11 heavy (non-hydrogen) atoms. The Labute approximate surface area is 61.1 Å². The molecule has 0 radical (unpaired) electrons. The Morgan fingerprint density at radius 2 is 1.18 bits per heavy atom. The minimum Gasteiger partial charge on any atom is -0.473 e. The highest BCUT2D eigenvalue weighted by Crippen LogP contribution is 1.56. The lowest BCUT2D eigenvalue weighted by Gasteiger charge is -1.72. The van der Waals surface area contributed by atoms with Crippen LogP contribution < -0.4 is 0 Å². The minimum atomic E-state index is -1.82. The van der Waals surface area contributed by atoms with E-state index in [9.17, 15) is 0 Å². The summed E-state index contributed by atoms with van der Waals surface area (Å²) in [4.78, 5) is 27.3. The molecule has 0 aliphatic carbocycles. The number of rotatable bonds is 0. The van der Waals surface area contributed by atoms with Gasteiger partial charge in [0.1, 0.15) is 0 Å². The van der Waals surface area contributed by atoms with E-state index in [1.807, 2.05) is 0 Å². The van der Waals surface area contributed by atoms with E-state index in [1.54, 1.807) is 0 Å². The van der Waals surface area contributed by atoms with Crippen molar-refractivity contribution in [1.82, 2.24) is 0 Å². The predicted octanol–water partition coefficient (Wildman–Crippen LogP) is -1.14. The molecule has 0 unspecified atom stereocenters. The third-order valence-corrected chi connectivity index (χ3v) is 0.306. The molecular formula is C5H4O6. The van der Waals surface area contributed by atoms with Crippen LogP contribution in [0, 0.1) is 12.3 Å². The maximum atomic E-state index is 9.13. The topological polar surface area (TPSA) is 112 Å². The lowest BCUT2D eigenvalue weighted by Crippen LogP contribution is -2.09. The van der Waals surface area contributed by atoms with E-state index in [1.165, 1.54) is 5.92 Å². The summed E-state index contributed by atoms with van der Waals surface area (Å²) in [6.07, 6.45) is 4.32. The number of carboxylic acids is 3. The second kappa shape index (κ2) is 6.10. The first-order valence-electron chi connectivity index (χ1n) is 2.07. The average molecular weight is 160 g/mol. The maximum Gasteiger partial charge on any atom is 0.414 e. The summed E-state index contributed by atoms with van der Waals surface area (Å²) >= 11 is 0. The van der Waals surface area contributed by atoms with Crippen LogP contribution >= 0.6 is 0 Å². The van der Waals surface area contributed by atoms with Crippen molar-refractivity contribution in [2.75, 3.05) is 0 Å². The van der Waals surface area contributed by atoms with Crippen molar-refractivity contribution in [3.63, 3.8) is 0 Å². The minimum absolute atomic E-state index is 1.22. The lowest BCUT2D eigenvalue weighted by molar-refractivity contribution is -0.159. The average Bonchev–Trinajstić information content (AvgIpc) is 1.89. The Morgan fingerprint density at radius 1 is 1.00 bits per heavy atom. The molecule has 3 N–H and O–H groups in total. The first kappa shape index (κ1) is 11.7. The molecule has 0 aliphatic heterocycles. The van der Waals surface area contributed by atoms with Crippen molar-refractivity contribution >= 4 is 17.9 Å². The maximum absolute atomic E-state index is 9.13. The second-order valence-electron chi connectivity index (χ2n) is 1.06. The molecule has 0 aromatic rings. The van der Waals surface area contributed by atoms with Crippen LogP contribution in [0.25, 0.3) is 0 Å². The summed E-state index contributed by atoms with van der Waals surface area (Å²) in [5.74, 6) is -3.42. The van der Waals surface area contributed by atoms with Crippen LogP contribution in [0.1, 0.15) is 0 Å². The molecule has 0 aromatic heterocycles. The number of carbonyl (C=O) groups is 3. The fourth-order valence-corrected chi connectivity index (χ4v) is 0. The highest BCUT2D eigenvalue weighted by molar-refractivity contribution is 6.27. The Bertz CT molecular complexity index is 198. The molecule has 6 heteroatoms. The normalized spacial score (nSPS) is 6.45. The number of terminal acetylenes is 1. The van der Waals surface area contributed by atoms with Crippen LogP contribution in [0.15, 0.2) is 0 Å². The highest BCUT2D eigenvalue weighted by Gasteiger charge is 2.04. The van der Waals surface area contributed by atoms with Crippen molar-refractivity contribution in [3.05, 3.63) is 0 Å². The van der Waals surface area contributed by atoms with Crippen molar-refractivity contribution in [3.8, 4) is 12.3 Å². The first-order chi connectivity index (χ1) is 4.91. The zero-order valence-electron chi connectivity index (χ0n) is 5.14. The van der Waals surface area contributed by atoms with Gasteiger partial charge in [-0.2, -0.15) is 0 Å². The molecule has 0 saturated carbocycles. The van der Waals surface area contributed by atoms with E-state index < -0.39 is 17.9 Å². The van der Waals surface area contributed by atoms with Gasteiger partial charge in [-0.25, -0.2) is 14.4 Å². The molecule has 6 nitrogen and oxygen atoms in total. The summed E-state index contributed by atoms with van der Waals surface area (Å²) < 4.78 is 0. The number of hydrogen-bond acceptors (Lipinski definition) is 3. The summed E-state index contributed by atoms with van der Waals surface area (Å²) in [6, 6.07) is 0. The van der Waals surface area contributed by atoms with E-state index in [0.717, 1.165) is 0 Å². The van der Waals surface area contributed by atoms with Crippen LogP contribution in [0.2, 0.25) is 0 Å². The van der Waals surface area contributed by atoms with Crippen LogP contribution in [-0.2, 0) is 14.4 Å². The van der Waals surface area contributed by atoms with Crippen molar-refractivity contribution in [2.45, 2.75) is 0 Å². The third kappa shape index (κ3) is 18.0. The van der Waals surface area contributed by atoms with Crippen LogP contribution in [0.4, 0.5) is 0 Å². The molecular weight excluding hydrogens is 156 g/mol. The molecule has 0 aromatic carbocycles. The van der Waals surface area contributed by atoms with Gasteiger partial charge in [-0.15, -0.1) is 6.42 Å². The number of aliphatic carboxylic acids is 3. The van der Waals surface area contributed by atoms with E-state index in [2.05, 4.69) is 6.42 Å². The van der Waals surface area contributed by atoms with Gasteiger partial charge in [-0.05, 0) is 0 Å². The smallest absolute Gasteiger partial charge is 0.414 e. The van der Waals surface area contributed by atoms with E-state index in [0.29, 0.717) is 0 Å². The molecule has 0 amide bonds. The Hall–Kier alpha value is -2.03. The quantitative estimate of drug-likeness (QED) is 0.305. The van der Waals surface area contributed by atoms with E-state index in [-0.39, 0.29) is 0 Å². The van der Waals surface area contributed by atoms with E-state index in [4.69, 9.17) is 29.7 Å². The number of hydrogen-bond donors (Lipinski definition) is 3. The molecule has 0 saturated heterocycles. The van der Waals surface area contributed by atoms with Crippen LogP contribution in [0.3, 0.4) is 0 Å². The van der Waals surface area contributed by atoms with Crippen molar-refractivity contribution in [1.29, 1.82) is 0 Å². The predicted molar refractivity (Wildman–Crippen MR) is 31.7 cm³/mol. The molecule has 0 spiro atoms. The van der Waals surface area contributed by atoms with Crippen LogP contribution in [-0.4, -0.2) is 33.2 Å². The van der Waals surface area contributed by atoms with Crippen LogP contribution in [0.5, 0.6) is 0 Å². The SMILES string of the molecule is C#CC(=O)O.O=C(O)C(=O)O. The van der Waals surface area contributed by atoms with Gasteiger partial charge < -0.3 is 15.3 Å². The van der Waals surface area contributed by atoms with Gasteiger partial charge in [-0.1, -0.05) is 0 Å². The zero-order valence-corrected chi connectivity index (χ0v) is 5.14. The summed E-state index contributed by atoms with van der Waals surface area (Å²) in [5, 5.41) is 22.3.